The Bertz CT molecular complexity index is 646. The molecule has 2 rings (SSSR count). The molecule has 0 heterocycles. The molecule has 2 atom stereocenters. The third kappa shape index (κ3) is 4.47. The Hall–Kier alpha value is -1.55. The summed E-state index contributed by atoms with van der Waals surface area (Å²) in [6.45, 7) is 1.84. The van der Waals surface area contributed by atoms with Crippen molar-refractivity contribution in [1.82, 2.24) is 5.32 Å². The van der Waals surface area contributed by atoms with Gasteiger partial charge in [0, 0.05) is 11.1 Å². The van der Waals surface area contributed by atoms with E-state index in [-0.39, 0.29) is 11.9 Å². The Labute approximate surface area is 139 Å². The fourth-order valence-corrected chi connectivity index (χ4v) is 2.67. The maximum Gasteiger partial charge on any atom is 0.253 e. The van der Waals surface area contributed by atoms with Crippen LogP contribution in [0.25, 0.3) is 0 Å². The van der Waals surface area contributed by atoms with Crippen molar-refractivity contribution in [3.8, 4) is 0 Å². The predicted molar refractivity (Wildman–Crippen MR) is 89.4 cm³/mol. The number of halogens is 2. The first-order valence-electron chi connectivity index (χ1n) is 6.96. The zero-order valence-electron chi connectivity index (χ0n) is 12.1. The minimum atomic E-state index is -0.628. The Balaban J connectivity index is 1.96. The third-order valence-corrected chi connectivity index (χ3v) is 3.86. The van der Waals surface area contributed by atoms with Gasteiger partial charge < -0.3 is 10.4 Å². The lowest BCUT2D eigenvalue weighted by molar-refractivity contribution is 0.0917. The molecule has 0 aliphatic heterocycles. The second-order valence-corrected chi connectivity index (χ2v) is 6.00. The Morgan fingerprint density at radius 2 is 1.86 bits per heavy atom. The molecule has 0 bridgehead atoms. The molecule has 0 radical (unpaired) electrons. The number of hydrogen-bond donors (Lipinski definition) is 2. The highest BCUT2D eigenvalue weighted by atomic mass is 35.5. The normalized spacial score (nSPS) is 13.5. The van der Waals surface area contributed by atoms with Gasteiger partial charge in [0.1, 0.15) is 0 Å². The molecule has 116 valence electrons. The van der Waals surface area contributed by atoms with Gasteiger partial charge in [0.25, 0.3) is 5.91 Å². The first-order chi connectivity index (χ1) is 10.5. The van der Waals surface area contributed by atoms with Crippen LogP contribution in [0.3, 0.4) is 0 Å². The minimum Gasteiger partial charge on any atom is -0.388 e. The molecule has 0 fully saturated rings. The summed E-state index contributed by atoms with van der Waals surface area (Å²) in [5.41, 5.74) is 1.19. The van der Waals surface area contributed by atoms with Crippen molar-refractivity contribution in [3.63, 3.8) is 0 Å². The minimum absolute atomic E-state index is 0.200. The van der Waals surface area contributed by atoms with Crippen molar-refractivity contribution < 1.29 is 9.90 Å². The van der Waals surface area contributed by atoms with E-state index in [2.05, 4.69) is 5.32 Å². The topological polar surface area (TPSA) is 49.3 Å². The highest BCUT2D eigenvalue weighted by Gasteiger charge is 2.16. The number of hydrogen-bond acceptors (Lipinski definition) is 2. The van der Waals surface area contributed by atoms with Gasteiger partial charge >= 0.3 is 0 Å². The maximum absolute atomic E-state index is 12.2. The number of aliphatic hydroxyl groups excluding tert-OH is 1. The van der Waals surface area contributed by atoms with E-state index in [1.165, 1.54) is 6.07 Å². The molecule has 0 aromatic heterocycles. The molecule has 2 unspecified atom stereocenters. The molecule has 0 aliphatic carbocycles. The lowest BCUT2D eigenvalue weighted by Crippen LogP contribution is -2.33. The molecular weight excluding hydrogens is 321 g/mol. The standard InChI is InChI=1S/C17H17Cl2NO2/c1-11(9-16(21)12-5-3-2-4-6-12)20-17(22)14-8-7-13(18)10-15(14)19/h2-8,10-11,16,21H,9H2,1H3,(H,20,22). The Morgan fingerprint density at radius 3 is 2.50 bits per heavy atom. The smallest absolute Gasteiger partial charge is 0.253 e. The largest absolute Gasteiger partial charge is 0.388 e. The Kier molecular flexibility index (Phi) is 5.83. The number of rotatable bonds is 5. The summed E-state index contributed by atoms with van der Waals surface area (Å²) < 4.78 is 0. The van der Waals surface area contributed by atoms with Gasteiger partial charge in [-0.25, -0.2) is 0 Å². The molecule has 2 N–H and O–H groups in total. The summed E-state index contributed by atoms with van der Waals surface area (Å²) in [5.74, 6) is -0.283. The number of nitrogens with one attached hydrogen (secondary N) is 1. The quantitative estimate of drug-likeness (QED) is 0.857. The number of carbonyl (C=O) groups is 1. The summed E-state index contributed by atoms with van der Waals surface area (Å²) in [7, 11) is 0. The van der Waals surface area contributed by atoms with E-state index in [1.807, 2.05) is 37.3 Å². The molecule has 3 nitrogen and oxygen atoms in total. The van der Waals surface area contributed by atoms with Crippen LogP contribution in [0.1, 0.15) is 35.4 Å². The van der Waals surface area contributed by atoms with Crippen molar-refractivity contribution in [2.45, 2.75) is 25.5 Å². The number of benzene rings is 2. The van der Waals surface area contributed by atoms with Crippen LogP contribution in [-0.2, 0) is 0 Å². The van der Waals surface area contributed by atoms with E-state index < -0.39 is 6.10 Å². The number of amides is 1. The summed E-state index contributed by atoms with van der Waals surface area (Å²) in [6.07, 6.45) is -0.210. The zero-order valence-corrected chi connectivity index (χ0v) is 13.6. The van der Waals surface area contributed by atoms with E-state index in [9.17, 15) is 9.90 Å². The third-order valence-electron chi connectivity index (χ3n) is 3.31. The average Bonchev–Trinajstić information content (AvgIpc) is 2.47. The van der Waals surface area contributed by atoms with E-state index in [0.29, 0.717) is 22.0 Å². The highest BCUT2D eigenvalue weighted by molar-refractivity contribution is 6.36. The molecule has 22 heavy (non-hydrogen) atoms. The van der Waals surface area contributed by atoms with Crippen LogP contribution in [0.2, 0.25) is 10.0 Å². The summed E-state index contributed by atoms with van der Waals surface area (Å²) in [5, 5.41) is 13.8. The van der Waals surface area contributed by atoms with Crippen molar-refractivity contribution >= 4 is 29.1 Å². The van der Waals surface area contributed by atoms with Gasteiger partial charge in [0.2, 0.25) is 0 Å². The van der Waals surface area contributed by atoms with Gasteiger partial charge in [-0.3, -0.25) is 4.79 Å². The van der Waals surface area contributed by atoms with Crippen molar-refractivity contribution in [1.29, 1.82) is 0 Å². The highest BCUT2D eigenvalue weighted by Crippen LogP contribution is 2.22. The molecule has 5 heteroatoms. The van der Waals surface area contributed by atoms with Crippen LogP contribution in [0.5, 0.6) is 0 Å². The summed E-state index contributed by atoms with van der Waals surface area (Å²) >= 11 is 11.8. The van der Waals surface area contributed by atoms with Gasteiger partial charge in [-0.2, -0.15) is 0 Å². The first kappa shape index (κ1) is 16.8. The molecule has 0 aliphatic rings. The molecule has 0 saturated heterocycles. The van der Waals surface area contributed by atoms with E-state index >= 15 is 0 Å². The van der Waals surface area contributed by atoms with Crippen LogP contribution in [0.4, 0.5) is 0 Å². The van der Waals surface area contributed by atoms with Gasteiger partial charge in [0.15, 0.2) is 0 Å². The second-order valence-electron chi connectivity index (χ2n) is 5.16. The second kappa shape index (κ2) is 7.63. The number of carbonyl (C=O) groups excluding carboxylic acids is 1. The van der Waals surface area contributed by atoms with Gasteiger partial charge in [-0.15, -0.1) is 0 Å². The SMILES string of the molecule is CC(CC(O)c1ccccc1)NC(=O)c1ccc(Cl)cc1Cl. The van der Waals surface area contributed by atoms with E-state index in [4.69, 9.17) is 23.2 Å². The predicted octanol–water partition coefficient (Wildman–Crippen LogP) is 4.24. The zero-order chi connectivity index (χ0) is 16.1. The van der Waals surface area contributed by atoms with Crippen LogP contribution >= 0.6 is 23.2 Å². The fraction of sp³-hybridized carbons (Fsp3) is 0.235. The fourth-order valence-electron chi connectivity index (χ4n) is 2.18. The van der Waals surface area contributed by atoms with Crippen molar-refractivity contribution in [2.75, 3.05) is 0 Å². The van der Waals surface area contributed by atoms with E-state index in [1.54, 1.807) is 12.1 Å². The first-order valence-corrected chi connectivity index (χ1v) is 7.72. The van der Waals surface area contributed by atoms with Crippen LogP contribution in [-0.4, -0.2) is 17.1 Å². The lowest BCUT2D eigenvalue weighted by Gasteiger charge is -2.18. The van der Waals surface area contributed by atoms with Gasteiger partial charge in [-0.1, -0.05) is 53.5 Å². The van der Waals surface area contributed by atoms with Crippen molar-refractivity contribution in [3.05, 3.63) is 69.7 Å². The van der Waals surface area contributed by atoms with E-state index in [0.717, 1.165) is 5.56 Å². The monoisotopic (exact) mass is 337 g/mol. The van der Waals surface area contributed by atoms with Gasteiger partial charge in [-0.05, 0) is 37.1 Å². The molecule has 0 spiro atoms. The molecule has 2 aromatic rings. The molecule has 2 aromatic carbocycles. The van der Waals surface area contributed by atoms with Crippen LogP contribution in [0.15, 0.2) is 48.5 Å². The number of aliphatic hydroxyl groups is 1. The molecular formula is C17H17Cl2NO2. The lowest BCUT2D eigenvalue weighted by atomic mass is 10.0. The maximum atomic E-state index is 12.2. The van der Waals surface area contributed by atoms with Crippen molar-refractivity contribution in [2.24, 2.45) is 0 Å². The molecule has 1 amide bonds. The average molecular weight is 338 g/mol. The Morgan fingerprint density at radius 1 is 1.18 bits per heavy atom. The summed E-state index contributed by atoms with van der Waals surface area (Å²) in [4.78, 5) is 12.2. The van der Waals surface area contributed by atoms with Crippen LogP contribution in [0, 0.1) is 0 Å². The summed E-state index contributed by atoms with van der Waals surface area (Å²) in [6, 6.07) is 13.9. The van der Waals surface area contributed by atoms with Gasteiger partial charge in [0.05, 0.1) is 16.7 Å². The molecule has 0 saturated carbocycles. The van der Waals surface area contributed by atoms with Crippen LogP contribution < -0.4 is 5.32 Å².